The van der Waals surface area contributed by atoms with E-state index in [0.717, 1.165) is 0 Å². The Morgan fingerprint density at radius 1 is 1.23 bits per heavy atom. The van der Waals surface area contributed by atoms with Gasteiger partial charge in [-0.05, 0) is 19.1 Å². The van der Waals surface area contributed by atoms with Crippen LogP contribution in [-0.2, 0) is 0 Å². The van der Waals surface area contributed by atoms with Crippen molar-refractivity contribution in [2.75, 3.05) is 0 Å². The maximum Gasteiger partial charge on any atom is 0.106 e. The summed E-state index contributed by atoms with van der Waals surface area (Å²) >= 11 is 11.5. The van der Waals surface area contributed by atoms with E-state index < -0.39 is 12.2 Å². The molecule has 4 heteroatoms. The number of hydrogen-bond donors (Lipinski definition) is 2. The summed E-state index contributed by atoms with van der Waals surface area (Å²) in [5, 5.41) is 19.5. The van der Waals surface area contributed by atoms with Crippen LogP contribution in [0.1, 0.15) is 18.6 Å². The molecule has 0 aromatic heterocycles. The summed E-state index contributed by atoms with van der Waals surface area (Å²) < 4.78 is 0. The van der Waals surface area contributed by atoms with Gasteiger partial charge < -0.3 is 10.2 Å². The Labute approximate surface area is 86.7 Å². The zero-order valence-electron chi connectivity index (χ0n) is 7.04. The Bertz CT molecular complexity index is 300. The molecular weight excluding hydrogens is 211 g/mol. The Kier molecular flexibility index (Phi) is 3.56. The van der Waals surface area contributed by atoms with Gasteiger partial charge in [-0.25, -0.2) is 0 Å². The van der Waals surface area contributed by atoms with E-state index >= 15 is 0 Å². The zero-order chi connectivity index (χ0) is 10.0. The second-order valence-electron chi connectivity index (χ2n) is 2.85. The summed E-state index contributed by atoms with van der Waals surface area (Å²) in [4.78, 5) is 0. The lowest BCUT2D eigenvalue weighted by atomic mass is 10.1. The van der Waals surface area contributed by atoms with E-state index in [4.69, 9.17) is 28.3 Å². The molecule has 0 aliphatic carbocycles. The average molecular weight is 221 g/mol. The summed E-state index contributed by atoms with van der Waals surface area (Å²) in [7, 11) is 0. The number of aliphatic hydroxyl groups is 2. The van der Waals surface area contributed by atoms with Crippen LogP contribution >= 0.6 is 23.2 Å². The normalized spacial score (nSPS) is 15.5. The summed E-state index contributed by atoms with van der Waals surface area (Å²) in [6.07, 6.45) is -1.82. The smallest absolute Gasteiger partial charge is 0.106 e. The number of halogens is 2. The van der Waals surface area contributed by atoms with Gasteiger partial charge in [-0.1, -0.05) is 29.3 Å². The van der Waals surface area contributed by atoms with Crippen molar-refractivity contribution >= 4 is 23.2 Å². The highest BCUT2D eigenvalue weighted by molar-refractivity contribution is 6.35. The molecule has 1 unspecified atom stereocenters. The molecule has 0 saturated carbocycles. The fourth-order valence-electron chi connectivity index (χ4n) is 1.00. The minimum absolute atomic E-state index is 0.362. The van der Waals surface area contributed by atoms with Gasteiger partial charge in [0.2, 0.25) is 0 Å². The van der Waals surface area contributed by atoms with Gasteiger partial charge in [0.25, 0.3) is 0 Å². The van der Waals surface area contributed by atoms with E-state index in [2.05, 4.69) is 0 Å². The molecule has 0 saturated heterocycles. The van der Waals surface area contributed by atoms with Crippen LogP contribution in [-0.4, -0.2) is 16.3 Å². The molecule has 2 N–H and O–H groups in total. The van der Waals surface area contributed by atoms with E-state index in [9.17, 15) is 5.11 Å². The first-order chi connectivity index (χ1) is 6.02. The molecule has 1 aromatic carbocycles. The fraction of sp³-hybridized carbons (Fsp3) is 0.333. The summed E-state index contributed by atoms with van der Waals surface area (Å²) in [5.41, 5.74) is 0.487. The van der Waals surface area contributed by atoms with Gasteiger partial charge in [-0.3, -0.25) is 0 Å². The van der Waals surface area contributed by atoms with E-state index in [-0.39, 0.29) is 0 Å². The maximum absolute atomic E-state index is 9.49. The second kappa shape index (κ2) is 4.29. The highest BCUT2D eigenvalue weighted by Gasteiger charge is 2.16. The van der Waals surface area contributed by atoms with Gasteiger partial charge in [0, 0.05) is 15.6 Å². The molecule has 72 valence electrons. The number of benzene rings is 1. The second-order valence-corrected chi connectivity index (χ2v) is 3.69. The lowest BCUT2D eigenvalue weighted by Crippen LogP contribution is -2.14. The predicted molar refractivity (Wildman–Crippen MR) is 53.1 cm³/mol. The monoisotopic (exact) mass is 220 g/mol. The van der Waals surface area contributed by atoms with Crippen LogP contribution in [0, 0.1) is 0 Å². The molecule has 0 spiro atoms. The van der Waals surface area contributed by atoms with Crippen LogP contribution in [0.3, 0.4) is 0 Å². The van der Waals surface area contributed by atoms with Crippen molar-refractivity contribution in [3.63, 3.8) is 0 Å². The summed E-state index contributed by atoms with van der Waals surface area (Å²) in [6, 6.07) is 4.75. The first-order valence-electron chi connectivity index (χ1n) is 3.83. The van der Waals surface area contributed by atoms with Gasteiger partial charge in [0.05, 0.1) is 6.10 Å². The largest absolute Gasteiger partial charge is 0.390 e. The highest BCUT2D eigenvalue weighted by Crippen LogP contribution is 2.27. The topological polar surface area (TPSA) is 40.5 Å². The zero-order valence-corrected chi connectivity index (χ0v) is 8.55. The van der Waals surface area contributed by atoms with Crippen LogP contribution in [0.15, 0.2) is 18.2 Å². The number of aliphatic hydroxyl groups excluding tert-OH is 2. The summed E-state index contributed by atoms with van der Waals surface area (Å²) in [6.45, 7) is 1.50. The van der Waals surface area contributed by atoms with Gasteiger partial charge in [0.15, 0.2) is 0 Å². The van der Waals surface area contributed by atoms with Crippen molar-refractivity contribution in [1.29, 1.82) is 0 Å². The molecule has 1 rings (SSSR count). The third kappa shape index (κ3) is 2.58. The molecule has 2 nitrogen and oxygen atoms in total. The van der Waals surface area contributed by atoms with Crippen LogP contribution in [0.25, 0.3) is 0 Å². The van der Waals surface area contributed by atoms with Crippen molar-refractivity contribution in [2.24, 2.45) is 0 Å². The van der Waals surface area contributed by atoms with Crippen molar-refractivity contribution in [1.82, 2.24) is 0 Å². The Balaban J connectivity index is 3.01. The molecular formula is C9H10Cl2O2. The molecule has 0 bridgehead atoms. The average Bonchev–Trinajstić information content (AvgIpc) is 2.03. The van der Waals surface area contributed by atoms with Crippen LogP contribution in [0.4, 0.5) is 0 Å². The molecule has 1 aromatic rings. The molecule has 0 fully saturated rings. The standard InChI is InChI=1S/C9H10Cl2O2/c1-5(12)9(13)7-3-2-6(10)4-8(7)11/h2-5,9,12-13H,1H3/t5?,9-/m0/s1. The molecule has 0 radical (unpaired) electrons. The highest BCUT2D eigenvalue weighted by atomic mass is 35.5. The Morgan fingerprint density at radius 3 is 2.31 bits per heavy atom. The minimum atomic E-state index is -0.968. The van der Waals surface area contributed by atoms with E-state index in [1.165, 1.54) is 13.0 Å². The Hall–Kier alpha value is -0.280. The third-order valence-corrected chi connectivity index (χ3v) is 2.30. The van der Waals surface area contributed by atoms with Gasteiger partial charge >= 0.3 is 0 Å². The predicted octanol–water partition coefficient (Wildman–Crippen LogP) is 2.41. The van der Waals surface area contributed by atoms with E-state index in [1.54, 1.807) is 12.1 Å². The molecule has 0 aliphatic rings. The number of hydrogen-bond acceptors (Lipinski definition) is 2. The number of rotatable bonds is 2. The van der Waals surface area contributed by atoms with Crippen LogP contribution in [0.5, 0.6) is 0 Å². The summed E-state index contributed by atoms with van der Waals surface area (Å²) in [5.74, 6) is 0. The molecule has 13 heavy (non-hydrogen) atoms. The van der Waals surface area contributed by atoms with Crippen molar-refractivity contribution in [3.05, 3.63) is 33.8 Å². The van der Waals surface area contributed by atoms with Gasteiger partial charge in [0.1, 0.15) is 6.10 Å². The van der Waals surface area contributed by atoms with Crippen LogP contribution < -0.4 is 0 Å². The van der Waals surface area contributed by atoms with E-state index in [0.29, 0.717) is 15.6 Å². The molecule has 2 atom stereocenters. The van der Waals surface area contributed by atoms with Crippen molar-refractivity contribution < 1.29 is 10.2 Å². The van der Waals surface area contributed by atoms with Crippen molar-refractivity contribution in [3.8, 4) is 0 Å². The lowest BCUT2D eigenvalue weighted by Gasteiger charge is -2.15. The minimum Gasteiger partial charge on any atom is -0.390 e. The first-order valence-corrected chi connectivity index (χ1v) is 4.59. The quantitative estimate of drug-likeness (QED) is 0.804. The Morgan fingerprint density at radius 2 is 1.85 bits per heavy atom. The molecule has 0 amide bonds. The molecule has 0 aliphatic heterocycles. The van der Waals surface area contributed by atoms with Crippen LogP contribution in [0.2, 0.25) is 10.0 Å². The first kappa shape index (κ1) is 10.8. The van der Waals surface area contributed by atoms with Gasteiger partial charge in [-0.15, -0.1) is 0 Å². The maximum atomic E-state index is 9.49. The molecule has 0 heterocycles. The fourth-order valence-corrected chi connectivity index (χ4v) is 1.52. The third-order valence-electron chi connectivity index (χ3n) is 1.74. The van der Waals surface area contributed by atoms with Crippen molar-refractivity contribution in [2.45, 2.75) is 19.1 Å². The SMILES string of the molecule is CC(O)[C@H](O)c1ccc(Cl)cc1Cl. The van der Waals surface area contributed by atoms with E-state index in [1.807, 2.05) is 0 Å². The lowest BCUT2D eigenvalue weighted by molar-refractivity contribution is 0.0306. The van der Waals surface area contributed by atoms with Gasteiger partial charge in [-0.2, -0.15) is 0 Å².